The molecule has 1 amide bonds. The lowest BCUT2D eigenvalue weighted by atomic mass is 9.91. The van der Waals surface area contributed by atoms with E-state index in [1.54, 1.807) is 6.07 Å². The number of allylic oxidation sites excluding steroid dienone is 2. The summed E-state index contributed by atoms with van der Waals surface area (Å²) in [5.41, 5.74) is 6.86. The molecule has 1 saturated carbocycles. The first-order valence-electron chi connectivity index (χ1n) is 8.14. The molecule has 3 rings (SSSR count). The van der Waals surface area contributed by atoms with Gasteiger partial charge in [-0.25, -0.2) is 9.97 Å². The molecule has 0 saturated heterocycles. The van der Waals surface area contributed by atoms with E-state index in [4.69, 9.17) is 5.73 Å². The number of aromatic nitrogens is 2. The second-order valence-corrected chi connectivity index (χ2v) is 6.78. The smallest absolute Gasteiger partial charge is 0.270 e. The quantitative estimate of drug-likeness (QED) is 0.819. The molecule has 1 fully saturated rings. The summed E-state index contributed by atoms with van der Waals surface area (Å²) in [6.45, 7) is 4.74. The maximum atomic E-state index is 12.2. The number of rotatable bonds is 5. The minimum Gasteiger partial charge on any atom is -0.368 e. The van der Waals surface area contributed by atoms with Crippen molar-refractivity contribution in [1.29, 1.82) is 0 Å². The highest BCUT2D eigenvalue weighted by Crippen LogP contribution is 2.44. The lowest BCUT2D eigenvalue weighted by molar-refractivity contribution is 0.0945. The summed E-state index contributed by atoms with van der Waals surface area (Å²) in [7, 11) is 0. The van der Waals surface area contributed by atoms with Crippen LogP contribution in [0.1, 0.15) is 55.2 Å². The van der Waals surface area contributed by atoms with Crippen LogP contribution in [-0.4, -0.2) is 22.4 Å². The molecular weight excluding hydrogens is 276 g/mol. The van der Waals surface area contributed by atoms with Gasteiger partial charge < -0.3 is 11.1 Å². The fourth-order valence-electron chi connectivity index (χ4n) is 3.59. The van der Waals surface area contributed by atoms with Crippen LogP contribution in [0, 0.1) is 17.8 Å². The van der Waals surface area contributed by atoms with E-state index >= 15 is 0 Å². The van der Waals surface area contributed by atoms with Crippen molar-refractivity contribution in [3.63, 3.8) is 0 Å². The number of nitrogens with two attached hydrogens (primary N) is 1. The molecule has 1 aromatic heterocycles. The number of amides is 1. The molecule has 2 aliphatic carbocycles. The van der Waals surface area contributed by atoms with Gasteiger partial charge in [-0.05, 0) is 49.0 Å². The monoisotopic (exact) mass is 300 g/mol. The van der Waals surface area contributed by atoms with E-state index in [9.17, 15) is 4.79 Å². The van der Waals surface area contributed by atoms with Crippen molar-refractivity contribution >= 4 is 11.9 Å². The van der Waals surface area contributed by atoms with Gasteiger partial charge >= 0.3 is 0 Å². The van der Waals surface area contributed by atoms with Gasteiger partial charge in [0.2, 0.25) is 5.95 Å². The van der Waals surface area contributed by atoms with Crippen LogP contribution in [0.15, 0.2) is 18.2 Å². The molecule has 0 aliphatic heterocycles. The number of hydrogen-bond acceptors (Lipinski definition) is 4. The van der Waals surface area contributed by atoms with E-state index in [0.717, 1.165) is 29.9 Å². The van der Waals surface area contributed by atoms with Crippen LogP contribution in [0.3, 0.4) is 0 Å². The molecule has 0 unspecified atom stereocenters. The van der Waals surface area contributed by atoms with Gasteiger partial charge in [-0.2, -0.15) is 0 Å². The zero-order chi connectivity index (χ0) is 15.7. The third-order valence-corrected chi connectivity index (χ3v) is 4.80. The first-order chi connectivity index (χ1) is 10.5. The third-order valence-electron chi connectivity index (χ3n) is 4.80. The highest BCUT2D eigenvalue weighted by atomic mass is 16.1. The van der Waals surface area contributed by atoms with E-state index in [0.29, 0.717) is 12.2 Å². The van der Waals surface area contributed by atoms with Crippen molar-refractivity contribution in [2.24, 2.45) is 17.8 Å². The molecule has 1 aromatic rings. The summed E-state index contributed by atoms with van der Waals surface area (Å²) in [4.78, 5) is 20.4. The van der Waals surface area contributed by atoms with Crippen LogP contribution >= 0.6 is 0 Å². The van der Waals surface area contributed by atoms with Gasteiger partial charge in [0.15, 0.2) is 0 Å². The number of carbonyl (C=O) groups is 1. The van der Waals surface area contributed by atoms with Crippen LogP contribution in [0.5, 0.6) is 0 Å². The van der Waals surface area contributed by atoms with Crippen molar-refractivity contribution in [1.82, 2.24) is 15.3 Å². The molecule has 22 heavy (non-hydrogen) atoms. The summed E-state index contributed by atoms with van der Waals surface area (Å²) in [6.07, 6.45) is 8.31. The Kier molecular flexibility index (Phi) is 4.14. The van der Waals surface area contributed by atoms with Crippen molar-refractivity contribution < 1.29 is 4.79 Å². The zero-order valence-electron chi connectivity index (χ0n) is 13.2. The highest BCUT2D eigenvalue weighted by molar-refractivity contribution is 5.92. The molecule has 2 aliphatic rings. The van der Waals surface area contributed by atoms with Crippen LogP contribution in [0.2, 0.25) is 0 Å². The molecule has 3 atom stereocenters. The van der Waals surface area contributed by atoms with E-state index < -0.39 is 0 Å². The molecule has 5 heteroatoms. The van der Waals surface area contributed by atoms with E-state index in [1.165, 1.54) is 12.8 Å². The molecule has 0 aromatic carbocycles. The Morgan fingerprint density at radius 1 is 1.36 bits per heavy atom. The summed E-state index contributed by atoms with van der Waals surface area (Å²) in [5, 5.41) is 2.97. The second kappa shape index (κ2) is 6.07. The normalized spacial score (nSPS) is 25.9. The molecule has 5 nitrogen and oxygen atoms in total. The summed E-state index contributed by atoms with van der Waals surface area (Å²) >= 11 is 0. The lowest BCUT2D eigenvalue weighted by Gasteiger charge is -2.18. The fraction of sp³-hybridized carbons (Fsp3) is 0.588. The molecule has 0 spiro atoms. The molecular formula is C17H24N4O. The zero-order valence-corrected chi connectivity index (χ0v) is 13.2. The number of hydrogen-bond donors (Lipinski definition) is 2. The van der Waals surface area contributed by atoms with Gasteiger partial charge in [0.1, 0.15) is 5.69 Å². The van der Waals surface area contributed by atoms with Crippen LogP contribution in [-0.2, 0) is 0 Å². The largest absolute Gasteiger partial charge is 0.368 e. The Balaban J connectivity index is 1.55. The molecule has 1 heterocycles. The predicted octanol–water partition coefficient (Wildman–Crippen LogP) is 2.51. The lowest BCUT2D eigenvalue weighted by Crippen LogP contribution is -2.28. The first kappa shape index (κ1) is 15.0. The Labute approximate surface area is 131 Å². The number of fused-ring (bicyclic) bond motifs is 2. The van der Waals surface area contributed by atoms with Gasteiger partial charge in [0.25, 0.3) is 5.91 Å². The highest BCUT2D eigenvalue weighted by Gasteiger charge is 2.34. The van der Waals surface area contributed by atoms with Crippen LogP contribution < -0.4 is 11.1 Å². The van der Waals surface area contributed by atoms with Crippen molar-refractivity contribution in [3.05, 3.63) is 29.6 Å². The average Bonchev–Trinajstić information content (AvgIpc) is 3.09. The van der Waals surface area contributed by atoms with E-state index in [1.807, 2.05) is 13.8 Å². The van der Waals surface area contributed by atoms with Crippen LogP contribution in [0.4, 0.5) is 5.95 Å². The predicted molar refractivity (Wildman–Crippen MR) is 86.3 cm³/mol. The summed E-state index contributed by atoms with van der Waals surface area (Å²) in [6, 6.07) is 1.73. The van der Waals surface area contributed by atoms with Crippen molar-refractivity contribution in [2.75, 3.05) is 12.3 Å². The van der Waals surface area contributed by atoms with Crippen molar-refractivity contribution in [2.45, 2.75) is 39.0 Å². The SMILES string of the molecule is CC(C)c1cc(C(=O)NCC[C@@H]2C[C@@H]3C=C[C@H]2C3)nc(N)n1. The van der Waals surface area contributed by atoms with Gasteiger partial charge in [0.05, 0.1) is 0 Å². The fourth-order valence-corrected chi connectivity index (χ4v) is 3.59. The standard InChI is InChI=1S/C17H24N4O/c1-10(2)14-9-15(21-17(18)20-14)16(22)19-6-5-13-8-11-3-4-12(13)7-11/h3-4,9-13H,5-8H2,1-2H3,(H,19,22)(H2,18,20,21)/t11-,12+,13-/m1/s1. The minimum atomic E-state index is -0.158. The number of anilines is 1. The average molecular weight is 300 g/mol. The molecule has 0 radical (unpaired) electrons. The first-order valence-corrected chi connectivity index (χ1v) is 8.14. The van der Waals surface area contributed by atoms with Gasteiger partial charge in [-0.3, -0.25) is 4.79 Å². The Morgan fingerprint density at radius 2 is 2.18 bits per heavy atom. The van der Waals surface area contributed by atoms with Gasteiger partial charge in [-0.1, -0.05) is 26.0 Å². The number of nitrogen functional groups attached to an aromatic ring is 1. The van der Waals surface area contributed by atoms with Gasteiger partial charge in [0, 0.05) is 12.2 Å². The molecule has 2 bridgehead atoms. The van der Waals surface area contributed by atoms with Crippen LogP contribution in [0.25, 0.3) is 0 Å². The van der Waals surface area contributed by atoms with Gasteiger partial charge in [-0.15, -0.1) is 0 Å². The maximum absolute atomic E-state index is 12.2. The summed E-state index contributed by atoms with van der Waals surface area (Å²) < 4.78 is 0. The molecule has 118 valence electrons. The molecule has 3 N–H and O–H groups in total. The number of nitrogens with zero attached hydrogens (tertiary/aromatic N) is 2. The number of carbonyl (C=O) groups excluding carboxylic acids is 1. The van der Waals surface area contributed by atoms with Crippen molar-refractivity contribution in [3.8, 4) is 0 Å². The number of nitrogens with one attached hydrogen (secondary N) is 1. The van der Waals surface area contributed by atoms with E-state index in [-0.39, 0.29) is 17.8 Å². The minimum absolute atomic E-state index is 0.158. The Morgan fingerprint density at radius 3 is 2.82 bits per heavy atom. The second-order valence-electron chi connectivity index (χ2n) is 6.78. The maximum Gasteiger partial charge on any atom is 0.270 e. The Bertz CT molecular complexity index is 596. The topological polar surface area (TPSA) is 80.9 Å². The Hall–Kier alpha value is -1.91. The third kappa shape index (κ3) is 3.13. The summed E-state index contributed by atoms with van der Waals surface area (Å²) in [5.74, 6) is 2.45. The van der Waals surface area contributed by atoms with E-state index in [2.05, 4.69) is 27.4 Å².